The van der Waals surface area contributed by atoms with Gasteiger partial charge in [0.25, 0.3) is 0 Å². The van der Waals surface area contributed by atoms with Gasteiger partial charge in [0.1, 0.15) is 11.4 Å². The van der Waals surface area contributed by atoms with Gasteiger partial charge in [0.15, 0.2) is 5.65 Å². The molecule has 1 N–H and O–H groups in total. The minimum Gasteiger partial charge on any atom is -0.411 e. The quantitative estimate of drug-likeness (QED) is 0.290. The van der Waals surface area contributed by atoms with Crippen LogP contribution in [-0.2, 0) is 11.3 Å². The van der Waals surface area contributed by atoms with Gasteiger partial charge in [0, 0.05) is 36.1 Å². The molecular weight excluding hydrogens is 414 g/mol. The molecule has 1 fully saturated rings. The fourth-order valence-corrected chi connectivity index (χ4v) is 4.34. The van der Waals surface area contributed by atoms with Crippen LogP contribution in [0, 0.1) is 0 Å². The lowest BCUT2D eigenvalue weighted by Crippen LogP contribution is -2.35. The Kier molecular flexibility index (Phi) is 5.49. The van der Waals surface area contributed by atoms with Crippen LogP contribution >= 0.6 is 11.8 Å². The van der Waals surface area contributed by atoms with Crippen molar-refractivity contribution < 1.29 is 9.94 Å². The van der Waals surface area contributed by atoms with Gasteiger partial charge in [-0.15, -0.1) is 10.2 Å². The number of oxime groups is 1. The van der Waals surface area contributed by atoms with Crippen molar-refractivity contribution in [2.45, 2.75) is 23.5 Å². The molecule has 1 saturated heterocycles. The first-order valence-electron chi connectivity index (χ1n) is 9.98. The Morgan fingerprint density at radius 1 is 1.16 bits per heavy atom. The molecule has 1 aromatic carbocycles. The van der Waals surface area contributed by atoms with E-state index in [-0.39, 0.29) is 0 Å². The summed E-state index contributed by atoms with van der Waals surface area (Å²) in [5, 5.41) is 26.9. The second-order valence-corrected chi connectivity index (χ2v) is 8.39. The van der Waals surface area contributed by atoms with Gasteiger partial charge < -0.3 is 9.94 Å². The van der Waals surface area contributed by atoms with Gasteiger partial charge in [0.05, 0.1) is 18.7 Å². The van der Waals surface area contributed by atoms with Crippen LogP contribution in [0.25, 0.3) is 16.6 Å². The number of hydrogen-bond acceptors (Lipinski definition) is 9. The highest BCUT2D eigenvalue weighted by Gasteiger charge is 2.13. The van der Waals surface area contributed by atoms with Crippen molar-refractivity contribution in [3.05, 3.63) is 53.9 Å². The lowest BCUT2D eigenvalue weighted by molar-refractivity contribution is 0.0341. The molecule has 0 bridgehead atoms. The lowest BCUT2D eigenvalue weighted by atomic mass is 10.1. The largest absolute Gasteiger partial charge is 0.411 e. The van der Waals surface area contributed by atoms with Crippen LogP contribution in [0.1, 0.15) is 18.2 Å². The highest BCUT2D eigenvalue weighted by Crippen LogP contribution is 2.29. The molecule has 0 saturated carbocycles. The van der Waals surface area contributed by atoms with Crippen molar-refractivity contribution in [3.8, 4) is 0 Å². The third kappa shape index (κ3) is 4.22. The molecule has 3 aromatic heterocycles. The first kappa shape index (κ1) is 19.9. The second kappa shape index (κ2) is 8.58. The van der Waals surface area contributed by atoms with E-state index in [0.29, 0.717) is 22.2 Å². The summed E-state index contributed by atoms with van der Waals surface area (Å²) in [4.78, 5) is 8.03. The number of pyridine rings is 1. The fourth-order valence-electron chi connectivity index (χ4n) is 3.51. The van der Waals surface area contributed by atoms with Crippen molar-refractivity contribution >= 4 is 34.0 Å². The molecular formula is C21H21N7O2S. The Balaban J connectivity index is 1.42. The average Bonchev–Trinajstić information content (AvgIpc) is 3.21. The molecule has 0 amide bonds. The Labute approximate surface area is 182 Å². The smallest absolute Gasteiger partial charge is 0.217 e. The number of morpholine rings is 1. The molecule has 31 heavy (non-hydrogen) atoms. The molecule has 158 valence electrons. The summed E-state index contributed by atoms with van der Waals surface area (Å²) in [5.41, 5.74) is 3.77. The Morgan fingerprint density at radius 3 is 2.87 bits per heavy atom. The minimum atomic E-state index is 0.427. The van der Waals surface area contributed by atoms with Gasteiger partial charge in [0.2, 0.25) is 5.16 Å². The maximum atomic E-state index is 9.03. The van der Waals surface area contributed by atoms with Crippen molar-refractivity contribution in [1.29, 1.82) is 0 Å². The zero-order valence-electron chi connectivity index (χ0n) is 17.0. The molecule has 0 unspecified atom stereocenters. The third-order valence-electron chi connectivity index (χ3n) is 5.18. The van der Waals surface area contributed by atoms with E-state index in [1.54, 1.807) is 23.6 Å². The highest BCUT2D eigenvalue weighted by atomic mass is 32.2. The fraction of sp³-hybridized carbons (Fsp3) is 0.286. The van der Waals surface area contributed by atoms with Crippen LogP contribution in [0.15, 0.2) is 57.8 Å². The minimum absolute atomic E-state index is 0.427. The summed E-state index contributed by atoms with van der Waals surface area (Å²) < 4.78 is 7.09. The summed E-state index contributed by atoms with van der Waals surface area (Å²) in [6, 6.07) is 11.9. The first-order chi connectivity index (χ1) is 15.2. The molecule has 0 radical (unpaired) electrons. The maximum absolute atomic E-state index is 9.03. The molecule has 9 nitrogen and oxygen atoms in total. The SMILES string of the molecule is C/C(=N/O)c1ccc2nnc(Sc3ccc4ncc(CN5CCOCC5)cc4c3)n2n1. The summed E-state index contributed by atoms with van der Waals surface area (Å²) >= 11 is 1.48. The molecule has 0 spiro atoms. The predicted molar refractivity (Wildman–Crippen MR) is 117 cm³/mol. The number of hydrogen-bond donors (Lipinski definition) is 1. The highest BCUT2D eigenvalue weighted by molar-refractivity contribution is 7.99. The number of aromatic nitrogens is 5. The van der Waals surface area contributed by atoms with Gasteiger partial charge >= 0.3 is 0 Å². The van der Waals surface area contributed by atoms with E-state index in [1.165, 1.54) is 17.3 Å². The summed E-state index contributed by atoms with van der Waals surface area (Å²) in [5.74, 6) is 0. The van der Waals surface area contributed by atoms with Crippen molar-refractivity contribution in [3.63, 3.8) is 0 Å². The van der Waals surface area contributed by atoms with Gasteiger partial charge in [-0.25, -0.2) is 0 Å². The number of ether oxygens (including phenoxy) is 1. The van der Waals surface area contributed by atoms with Gasteiger partial charge in [-0.2, -0.15) is 9.61 Å². The van der Waals surface area contributed by atoms with Crippen LogP contribution in [0.2, 0.25) is 0 Å². The maximum Gasteiger partial charge on any atom is 0.217 e. The standard InChI is InChI=1S/C21H21N7O2S/c1-14(26-29)18-4-5-20-23-24-21(28(20)25-18)31-17-2-3-19-16(11-17)10-15(12-22-19)13-27-6-8-30-9-7-27/h2-5,10-12,29H,6-9,13H2,1H3/b26-14-. The Bertz CT molecular complexity index is 1270. The van der Waals surface area contributed by atoms with Crippen molar-refractivity contribution in [2.75, 3.05) is 26.3 Å². The third-order valence-corrected chi connectivity index (χ3v) is 6.11. The van der Waals surface area contributed by atoms with Crippen LogP contribution in [-0.4, -0.2) is 66.9 Å². The van der Waals surface area contributed by atoms with E-state index >= 15 is 0 Å². The van der Waals surface area contributed by atoms with Crippen LogP contribution < -0.4 is 0 Å². The number of nitrogens with zero attached hydrogens (tertiary/aromatic N) is 7. The summed E-state index contributed by atoms with van der Waals surface area (Å²) in [6.07, 6.45) is 1.95. The van der Waals surface area contributed by atoms with Crippen LogP contribution in [0.4, 0.5) is 0 Å². The van der Waals surface area contributed by atoms with E-state index in [4.69, 9.17) is 9.94 Å². The predicted octanol–water partition coefficient (Wildman–Crippen LogP) is 2.85. The second-order valence-electron chi connectivity index (χ2n) is 7.35. The molecule has 4 heterocycles. The molecule has 4 aromatic rings. The van der Waals surface area contributed by atoms with Gasteiger partial charge in [-0.1, -0.05) is 5.16 Å². The lowest BCUT2D eigenvalue weighted by Gasteiger charge is -2.26. The monoisotopic (exact) mass is 435 g/mol. The molecule has 10 heteroatoms. The van der Waals surface area contributed by atoms with E-state index in [0.717, 1.165) is 48.6 Å². The molecule has 5 rings (SSSR count). The van der Waals surface area contributed by atoms with Crippen LogP contribution in [0.3, 0.4) is 0 Å². The van der Waals surface area contributed by atoms with Crippen molar-refractivity contribution in [2.24, 2.45) is 5.16 Å². The topological polar surface area (TPSA) is 101 Å². The molecule has 0 atom stereocenters. The first-order valence-corrected chi connectivity index (χ1v) is 10.8. The number of fused-ring (bicyclic) bond motifs is 2. The zero-order chi connectivity index (χ0) is 21.2. The van der Waals surface area contributed by atoms with Gasteiger partial charge in [-0.05, 0) is 60.6 Å². The summed E-state index contributed by atoms with van der Waals surface area (Å²) in [7, 11) is 0. The Hall–Kier alpha value is -3.08. The molecule has 0 aliphatic carbocycles. The average molecular weight is 436 g/mol. The normalized spacial score (nSPS) is 15.7. The molecule has 1 aliphatic heterocycles. The van der Waals surface area contributed by atoms with E-state index in [1.807, 2.05) is 18.3 Å². The van der Waals surface area contributed by atoms with E-state index in [9.17, 15) is 0 Å². The van der Waals surface area contributed by atoms with Crippen LogP contribution in [0.5, 0.6) is 0 Å². The zero-order valence-corrected chi connectivity index (χ0v) is 17.8. The van der Waals surface area contributed by atoms with Crippen molar-refractivity contribution in [1.82, 2.24) is 29.7 Å². The van der Waals surface area contributed by atoms with E-state index < -0.39 is 0 Å². The van der Waals surface area contributed by atoms with E-state index in [2.05, 4.69) is 42.5 Å². The number of rotatable bonds is 5. The summed E-state index contributed by atoms with van der Waals surface area (Å²) in [6.45, 7) is 6.03. The Morgan fingerprint density at radius 2 is 2.03 bits per heavy atom. The number of benzene rings is 1. The molecule has 1 aliphatic rings. The van der Waals surface area contributed by atoms with Gasteiger partial charge in [-0.3, -0.25) is 9.88 Å².